The zero-order chi connectivity index (χ0) is 22.7. The van der Waals surface area contributed by atoms with E-state index in [0.717, 1.165) is 12.1 Å². The molecule has 1 saturated heterocycles. The van der Waals surface area contributed by atoms with Crippen molar-refractivity contribution in [3.05, 3.63) is 47.5 Å². The van der Waals surface area contributed by atoms with E-state index in [9.17, 15) is 40.2 Å². The molecule has 0 aliphatic carbocycles. The molecule has 0 saturated carbocycles. The Labute approximate surface area is 175 Å². The van der Waals surface area contributed by atoms with Crippen LogP contribution >= 0.6 is 0 Å². The van der Waals surface area contributed by atoms with Crippen LogP contribution in [0.2, 0.25) is 0 Å². The summed E-state index contributed by atoms with van der Waals surface area (Å²) in [7, 11) is 0. The summed E-state index contributed by atoms with van der Waals surface area (Å²) in [6.07, 6.45) is -5.41. The number of ether oxygens (including phenoxy) is 3. The number of aromatic hydroxyl groups is 4. The average molecular weight is 436 g/mol. The highest BCUT2D eigenvalue weighted by Gasteiger charge is 2.41. The highest BCUT2D eigenvalue weighted by molar-refractivity contribution is 5.91. The molecule has 31 heavy (non-hydrogen) atoms. The van der Waals surface area contributed by atoms with Crippen molar-refractivity contribution < 1.29 is 54.4 Å². The van der Waals surface area contributed by atoms with Crippen molar-refractivity contribution in [1.29, 1.82) is 0 Å². The second kappa shape index (κ2) is 9.08. The first kappa shape index (κ1) is 22.2. The fourth-order valence-corrected chi connectivity index (χ4v) is 2.87. The van der Waals surface area contributed by atoms with Gasteiger partial charge < -0.3 is 44.8 Å². The largest absolute Gasteiger partial charge is 0.508 e. The van der Waals surface area contributed by atoms with E-state index in [2.05, 4.69) is 0 Å². The number of esters is 2. The number of hydrogen-bond donors (Lipinski definition) is 6. The maximum absolute atomic E-state index is 12.1. The number of rotatable bonds is 5. The predicted octanol–water partition coefficient (Wildman–Crippen LogP) is 0.0120. The molecule has 11 nitrogen and oxygen atoms in total. The molecule has 1 aliphatic rings. The molecule has 11 heteroatoms. The van der Waals surface area contributed by atoms with E-state index >= 15 is 0 Å². The molecule has 0 amide bonds. The maximum Gasteiger partial charge on any atom is 0.338 e. The molecule has 4 atom stereocenters. The summed E-state index contributed by atoms with van der Waals surface area (Å²) in [5.41, 5.74) is -0.143. The van der Waals surface area contributed by atoms with Gasteiger partial charge in [0.05, 0.1) is 17.7 Å². The normalized spacial score (nSPS) is 23.2. The molecule has 166 valence electrons. The molecule has 1 fully saturated rings. The molecule has 6 N–H and O–H groups in total. The summed E-state index contributed by atoms with van der Waals surface area (Å²) in [6.45, 7) is -0.775. The third kappa shape index (κ3) is 4.97. The number of phenols is 4. The van der Waals surface area contributed by atoms with Gasteiger partial charge >= 0.3 is 11.9 Å². The van der Waals surface area contributed by atoms with Gasteiger partial charge in [0, 0.05) is 0 Å². The highest BCUT2D eigenvalue weighted by atomic mass is 16.6. The Morgan fingerprint density at radius 1 is 0.903 bits per heavy atom. The van der Waals surface area contributed by atoms with Gasteiger partial charge in [0.1, 0.15) is 30.7 Å². The Balaban J connectivity index is 1.55. The summed E-state index contributed by atoms with van der Waals surface area (Å²) in [6, 6.07) is 6.98. The Morgan fingerprint density at radius 3 is 2.13 bits per heavy atom. The monoisotopic (exact) mass is 436 g/mol. The summed E-state index contributed by atoms with van der Waals surface area (Å²) in [4.78, 5) is 24.2. The Morgan fingerprint density at radius 2 is 1.52 bits per heavy atom. The van der Waals surface area contributed by atoms with E-state index in [0.29, 0.717) is 0 Å². The smallest absolute Gasteiger partial charge is 0.338 e. The summed E-state index contributed by atoms with van der Waals surface area (Å²) in [5.74, 6) is -4.07. The predicted molar refractivity (Wildman–Crippen MR) is 101 cm³/mol. The zero-order valence-electron chi connectivity index (χ0n) is 15.9. The van der Waals surface area contributed by atoms with Crippen LogP contribution in [0.5, 0.6) is 23.0 Å². The summed E-state index contributed by atoms with van der Waals surface area (Å²) >= 11 is 0. The number of hydrogen-bond acceptors (Lipinski definition) is 11. The molecule has 0 spiro atoms. The second-order valence-electron chi connectivity index (χ2n) is 6.81. The van der Waals surface area contributed by atoms with Crippen LogP contribution in [0.1, 0.15) is 20.7 Å². The van der Waals surface area contributed by atoms with Gasteiger partial charge in [0.15, 0.2) is 23.4 Å². The minimum absolute atomic E-state index is 0.0388. The van der Waals surface area contributed by atoms with Crippen LogP contribution in [0.3, 0.4) is 0 Å². The van der Waals surface area contributed by atoms with Crippen molar-refractivity contribution in [2.75, 3.05) is 13.2 Å². The standard InChI is InChI=1S/C20H20O11/c21-11-3-1-9(2-4-11)20(28)31-15-8-29-14(17(25)18(15)26)7-30-19(27)10-5-12(22)16(24)13(23)6-10/h1-6,14-15,17-18,21-26H,7-8H2/t14-,15+,17-,18-/m1/s1. The van der Waals surface area contributed by atoms with Crippen molar-refractivity contribution in [3.8, 4) is 23.0 Å². The minimum atomic E-state index is -1.55. The molecule has 1 aliphatic heterocycles. The van der Waals surface area contributed by atoms with Crippen LogP contribution < -0.4 is 0 Å². The fourth-order valence-electron chi connectivity index (χ4n) is 2.87. The molecule has 3 rings (SSSR count). The number of aliphatic hydroxyl groups is 2. The first-order valence-corrected chi connectivity index (χ1v) is 9.07. The van der Waals surface area contributed by atoms with Gasteiger partial charge in [0.2, 0.25) is 0 Å². The number of benzene rings is 2. The molecule has 0 unspecified atom stereocenters. The molecule has 2 aromatic rings. The number of carbonyl (C=O) groups is 2. The third-order valence-corrected chi connectivity index (χ3v) is 4.63. The molecule has 0 aromatic heterocycles. The molecule has 0 radical (unpaired) electrons. The average Bonchev–Trinajstić information content (AvgIpc) is 2.74. The molecular weight excluding hydrogens is 416 g/mol. The van der Waals surface area contributed by atoms with Gasteiger partial charge in [-0.2, -0.15) is 0 Å². The van der Waals surface area contributed by atoms with E-state index in [1.54, 1.807) is 0 Å². The number of phenolic OH excluding ortho intramolecular Hbond substituents is 4. The van der Waals surface area contributed by atoms with Gasteiger partial charge in [0.25, 0.3) is 0 Å². The topological polar surface area (TPSA) is 183 Å². The van der Waals surface area contributed by atoms with Crippen molar-refractivity contribution in [3.63, 3.8) is 0 Å². The van der Waals surface area contributed by atoms with Crippen LogP contribution in [0, 0.1) is 0 Å². The highest BCUT2D eigenvalue weighted by Crippen LogP contribution is 2.35. The van der Waals surface area contributed by atoms with Gasteiger partial charge in [-0.15, -0.1) is 0 Å². The first-order chi connectivity index (χ1) is 14.7. The third-order valence-electron chi connectivity index (χ3n) is 4.63. The lowest BCUT2D eigenvalue weighted by Crippen LogP contribution is -2.55. The Hall–Kier alpha value is -3.54. The van der Waals surface area contributed by atoms with E-state index < -0.39 is 60.2 Å². The Kier molecular flexibility index (Phi) is 6.49. The lowest BCUT2D eigenvalue weighted by Gasteiger charge is -2.36. The minimum Gasteiger partial charge on any atom is -0.508 e. The van der Waals surface area contributed by atoms with Crippen molar-refractivity contribution in [2.24, 2.45) is 0 Å². The van der Waals surface area contributed by atoms with Gasteiger partial charge in [-0.3, -0.25) is 0 Å². The van der Waals surface area contributed by atoms with Crippen LogP contribution in [-0.4, -0.2) is 80.2 Å². The van der Waals surface area contributed by atoms with E-state index in [1.165, 1.54) is 24.3 Å². The first-order valence-electron chi connectivity index (χ1n) is 9.07. The van der Waals surface area contributed by atoms with E-state index in [-0.39, 0.29) is 23.5 Å². The van der Waals surface area contributed by atoms with E-state index in [1.807, 2.05) is 0 Å². The van der Waals surface area contributed by atoms with Crippen molar-refractivity contribution in [2.45, 2.75) is 24.4 Å². The second-order valence-corrected chi connectivity index (χ2v) is 6.81. The van der Waals surface area contributed by atoms with Crippen molar-refractivity contribution >= 4 is 11.9 Å². The summed E-state index contributed by atoms with van der Waals surface area (Å²) in [5, 5.41) is 57.9. The van der Waals surface area contributed by atoms with E-state index in [4.69, 9.17) is 14.2 Å². The molecule has 1 heterocycles. The zero-order valence-corrected chi connectivity index (χ0v) is 15.9. The van der Waals surface area contributed by atoms with Crippen LogP contribution in [0.4, 0.5) is 0 Å². The summed E-state index contributed by atoms with van der Waals surface area (Å²) < 4.78 is 15.4. The number of carbonyl (C=O) groups excluding carboxylic acids is 2. The quantitative estimate of drug-likeness (QED) is 0.274. The van der Waals surface area contributed by atoms with Crippen LogP contribution in [0.15, 0.2) is 36.4 Å². The lowest BCUT2D eigenvalue weighted by molar-refractivity contribution is -0.196. The van der Waals surface area contributed by atoms with Gasteiger partial charge in [-0.1, -0.05) is 0 Å². The van der Waals surface area contributed by atoms with Crippen LogP contribution in [0.25, 0.3) is 0 Å². The molecule has 2 aromatic carbocycles. The fraction of sp³-hybridized carbons (Fsp3) is 0.300. The lowest BCUT2D eigenvalue weighted by atomic mass is 10.0. The van der Waals surface area contributed by atoms with Gasteiger partial charge in [-0.05, 0) is 36.4 Å². The number of aliphatic hydroxyl groups excluding tert-OH is 2. The Bertz CT molecular complexity index is 933. The maximum atomic E-state index is 12.1. The van der Waals surface area contributed by atoms with Gasteiger partial charge in [-0.25, -0.2) is 9.59 Å². The molecule has 0 bridgehead atoms. The van der Waals surface area contributed by atoms with Crippen molar-refractivity contribution in [1.82, 2.24) is 0 Å². The molecular formula is C20H20O11. The van der Waals surface area contributed by atoms with Crippen LogP contribution in [-0.2, 0) is 14.2 Å². The SMILES string of the molecule is O=C(OC[C@H]1OC[C@H](OC(=O)c2ccc(O)cc2)[C@@H](O)[C@@H]1O)c1cc(O)c(O)c(O)c1.